The van der Waals surface area contributed by atoms with E-state index in [0.717, 1.165) is 0 Å². The Kier molecular flexibility index (Phi) is 6.14. The molecule has 154 valence electrons. The molecule has 0 bridgehead atoms. The summed E-state index contributed by atoms with van der Waals surface area (Å²) in [5.41, 5.74) is 0.0313. The number of sulfonamides is 1. The molecule has 0 radical (unpaired) electrons. The molecule has 1 fully saturated rings. The van der Waals surface area contributed by atoms with E-state index in [1.165, 1.54) is 28.6 Å². The molecule has 2 aromatic rings. The second-order valence-electron chi connectivity index (χ2n) is 6.38. The van der Waals surface area contributed by atoms with Gasteiger partial charge in [0.25, 0.3) is 11.6 Å². The highest BCUT2D eigenvalue weighted by molar-refractivity contribution is 7.89. The van der Waals surface area contributed by atoms with Crippen LogP contribution in [0.1, 0.15) is 17.3 Å². The average Bonchev–Trinajstić information content (AvgIpc) is 2.74. The number of hydrogen-bond donors (Lipinski definition) is 0. The van der Waals surface area contributed by atoms with Gasteiger partial charge in [0.05, 0.1) is 11.5 Å². The molecule has 2 aromatic carbocycles. The molecule has 0 spiro atoms. The number of carbonyl (C=O) groups is 1. The molecule has 9 nitrogen and oxygen atoms in total. The van der Waals surface area contributed by atoms with Crippen molar-refractivity contribution in [2.45, 2.75) is 11.8 Å². The van der Waals surface area contributed by atoms with Gasteiger partial charge in [-0.2, -0.15) is 4.31 Å². The summed E-state index contributed by atoms with van der Waals surface area (Å²) in [6, 6.07) is 12.0. The average molecular weight is 419 g/mol. The number of nitro benzene ring substituents is 1. The Morgan fingerprint density at radius 2 is 1.69 bits per heavy atom. The molecule has 1 heterocycles. The summed E-state index contributed by atoms with van der Waals surface area (Å²) in [5.74, 6) is 0.472. The van der Waals surface area contributed by atoms with Crippen LogP contribution in [0.4, 0.5) is 5.69 Å². The molecule has 0 saturated carbocycles. The van der Waals surface area contributed by atoms with Crippen LogP contribution in [0.5, 0.6) is 5.75 Å². The van der Waals surface area contributed by atoms with Gasteiger partial charge < -0.3 is 9.64 Å². The smallest absolute Gasteiger partial charge is 0.289 e. The van der Waals surface area contributed by atoms with E-state index in [1.807, 2.05) is 6.92 Å². The number of amides is 1. The van der Waals surface area contributed by atoms with Crippen LogP contribution in [0.3, 0.4) is 0 Å². The Balaban J connectivity index is 1.70. The van der Waals surface area contributed by atoms with Crippen molar-refractivity contribution >= 4 is 21.6 Å². The lowest BCUT2D eigenvalue weighted by Gasteiger charge is -2.34. The molecule has 0 aromatic heterocycles. The number of nitro groups is 1. The second-order valence-corrected chi connectivity index (χ2v) is 8.28. The number of para-hydroxylation sites is 1. The first-order valence-corrected chi connectivity index (χ1v) is 10.5. The lowest BCUT2D eigenvalue weighted by Crippen LogP contribution is -2.50. The first-order chi connectivity index (χ1) is 13.8. The first kappa shape index (κ1) is 20.7. The minimum Gasteiger partial charge on any atom is -0.494 e. The maximum absolute atomic E-state index is 12.9. The molecule has 3 rings (SSSR count). The first-order valence-electron chi connectivity index (χ1n) is 9.10. The van der Waals surface area contributed by atoms with Crippen molar-refractivity contribution in [3.63, 3.8) is 0 Å². The maximum Gasteiger partial charge on any atom is 0.289 e. The fourth-order valence-electron chi connectivity index (χ4n) is 3.14. The summed E-state index contributed by atoms with van der Waals surface area (Å²) in [7, 11) is -4.03. The number of carbonyl (C=O) groups excluding carboxylic acids is 1. The fraction of sp³-hybridized carbons (Fsp3) is 0.316. The molecule has 1 amide bonds. The summed E-state index contributed by atoms with van der Waals surface area (Å²) >= 11 is 0. The van der Waals surface area contributed by atoms with Crippen LogP contribution in [-0.2, 0) is 10.0 Å². The van der Waals surface area contributed by atoms with Crippen LogP contribution in [0, 0.1) is 10.1 Å². The van der Waals surface area contributed by atoms with Crippen molar-refractivity contribution in [3.8, 4) is 5.75 Å². The Hall–Kier alpha value is -2.98. The second kappa shape index (κ2) is 8.58. The van der Waals surface area contributed by atoms with Crippen LogP contribution in [-0.4, -0.2) is 61.2 Å². The number of ether oxygens (including phenoxy) is 1. The zero-order valence-electron chi connectivity index (χ0n) is 15.9. The number of piperazine rings is 1. The van der Waals surface area contributed by atoms with E-state index in [-0.39, 0.29) is 37.0 Å². The molecule has 1 aliphatic rings. The summed E-state index contributed by atoms with van der Waals surface area (Å²) in [4.78, 5) is 24.4. The zero-order chi connectivity index (χ0) is 21.0. The molecular weight excluding hydrogens is 398 g/mol. The Labute approximate surface area is 168 Å². The number of nitrogens with zero attached hydrogens (tertiary/aromatic N) is 3. The van der Waals surface area contributed by atoms with Crippen molar-refractivity contribution < 1.29 is 22.9 Å². The van der Waals surface area contributed by atoms with Crippen molar-refractivity contribution in [1.29, 1.82) is 0 Å². The van der Waals surface area contributed by atoms with Gasteiger partial charge in [-0.3, -0.25) is 14.9 Å². The van der Waals surface area contributed by atoms with Gasteiger partial charge >= 0.3 is 0 Å². The van der Waals surface area contributed by atoms with E-state index in [0.29, 0.717) is 17.9 Å². The van der Waals surface area contributed by atoms with Gasteiger partial charge in [0.1, 0.15) is 5.75 Å². The van der Waals surface area contributed by atoms with E-state index >= 15 is 0 Å². The van der Waals surface area contributed by atoms with Crippen molar-refractivity contribution in [2.24, 2.45) is 0 Å². The molecule has 0 aliphatic carbocycles. The van der Waals surface area contributed by atoms with Gasteiger partial charge in [-0.1, -0.05) is 12.1 Å². The number of hydrogen-bond acceptors (Lipinski definition) is 6. The highest BCUT2D eigenvalue weighted by atomic mass is 32.2. The Morgan fingerprint density at radius 3 is 2.28 bits per heavy atom. The van der Waals surface area contributed by atoms with Crippen LogP contribution in [0.2, 0.25) is 0 Å². The van der Waals surface area contributed by atoms with Gasteiger partial charge in [-0.25, -0.2) is 8.42 Å². The maximum atomic E-state index is 12.9. The van der Waals surface area contributed by atoms with Gasteiger partial charge in [0.15, 0.2) is 4.90 Å². The van der Waals surface area contributed by atoms with Crippen molar-refractivity contribution in [2.75, 3.05) is 32.8 Å². The predicted molar refractivity (Wildman–Crippen MR) is 105 cm³/mol. The largest absolute Gasteiger partial charge is 0.494 e. The van der Waals surface area contributed by atoms with E-state index < -0.39 is 20.6 Å². The lowest BCUT2D eigenvalue weighted by atomic mass is 10.2. The zero-order valence-corrected chi connectivity index (χ0v) is 16.7. The van der Waals surface area contributed by atoms with E-state index in [1.54, 1.807) is 29.2 Å². The quantitative estimate of drug-likeness (QED) is 0.524. The molecule has 0 atom stereocenters. The highest BCUT2D eigenvalue weighted by Crippen LogP contribution is 2.27. The minimum atomic E-state index is -4.03. The topological polar surface area (TPSA) is 110 Å². The molecular formula is C19H21N3O6S. The molecule has 1 saturated heterocycles. The van der Waals surface area contributed by atoms with Gasteiger partial charge in [-0.15, -0.1) is 0 Å². The van der Waals surface area contributed by atoms with Crippen molar-refractivity contribution in [1.82, 2.24) is 9.21 Å². The van der Waals surface area contributed by atoms with Crippen LogP contribution < -0.4 is 4.74 Å². The summed E-state index contributed by atoms with van der Waals surface area (Å²) < 4.78 is 32.3. The third-order valence-electron chi connectivity index (χ3n) is 4.62. The fourth-order valence-corrected chi connectivity index (χ4v) is 4.72. The van der Waals surface area contributed by atoms with Crippen molar-refractivity contribution in [3.05, 3.63) is 64.2 Å². The summed E-state index contributed by atoms with van der Waals surface area (Å²) in [6.45, 7) is 2.94. The third kappa shape index (κ3) is 4.38. The van der Waals surface area contributed by atoms with Gasteiger partial charge in [-0.05, 0) is 37.3 Å². The SMILES string of the molecule is CCOc1ccc(C(=O)N2CCN(S(=O)(=O)c3ccccc3[N+](=O)[O-])CC2)cc1. The lowest BCUT2D eigenvalue weighted by molar-refractivity contribution is -0.387. The monoisotopic (exact) mass is 419 g/mol. The van der Waals surface area contributed by atoms with Crippen LogP contribution in [0.15, 0.2) is 53.4 Å². The highest BCUT2D eigenvalue weighted by Gasteiger charge is 2.34. The minimum absolute atomic E-state index is 0.0666. The van der Waals surface area contributed by atoms with Gasteiger partial charge in [0, 0.05) is 37.8 Å². The molecule has 0 N–H and O–H groups in total. The third-order valence-corrected chi connectivity index (χ3v) is 6.56. The Morgan fingerprint density at radius 1 is 1.07 bits per heavy atom. The summed E-state index contributed by atoms with van der Waals surface area (Å²) in [5, 5.41) is 11.2. The van der Waals surface area contributed by atoms with Crippen LogP contribution >= 0.6 is 0 Å². The molecule has 1 aliphatic heterocycles. The van der Waals surface area contributed by atoms with E-state index in [9.17, 15) is 23.3 Å². The summed E-state index contributed by atoms with van der Waals surface area (Å²) in [6.07, 6.45) is 0. The van der Waals surface area contributed by atoms with Gasteiger partial charge in [0.2, 0.25) is 10.0 Å². The normalized spacial score (nSPS) is 15.1. The molecule has 29 heavy (non-hydrogen) atoms. The van der Waals surface area contributed by atoms with Crippen LogP contribution in [0.25, 0.3) is 0 Å². The van der Waals surface area contributed by atoms with E-state index in [2.05, 4.69) is 0 Å². The predicted octanol–water partition coefficient (Wildman–Crippen LogP) is 2.14. The molecule has 0 unspecified atom stereocenters. The number of rotatable bonds is 6. The standard InChI is InChI=1S/C19H21N3O6S/c1-2-28-16-9-7-15(8-10-16)19(23)20-11-13-21(14-12-20)29(26,27)18-6-4-3-5-17(18)22(24)25/h3-10H,2,11-14H2,1H3. The van der Waals surface area contributed by atoms with E-state index in [4.69, 9.17) is 4.74 Å². The molecule has 10 heteroatoms. The Bertz CT molecular complexity index is 999. The number of benzene rings is 2.